The number of hydrogen-bond donors (Lipinski definition) is 0. The van der Waals surface area contributed by atoms with Crippen molar-refractivity contribution in [1.29, 1.82) is 0 Å². The maximum Gasteiger partial charge on any atom is 0.343 e. The molecule has 0 fully saturated rings. The zero-order valence-corrected chi connectivity index (χ0v) is 27.9. The minimum atomic E-state index is -0.432. The average Bonchev–Trinajstić information content (AvgIpc) is 3.13. The average molecular weight is 665 g/mol. The third kappa shape index (κ3) is 13.3. The van der Waals surface area contributed by atoms with E-state index in [4.69, 9.17) is 28.4 Å². The zero-order chi connectivity index (χ0) is 34.5. The molecule has 0 bridgehead atoms. The summed E-state index contributed by atoms with van der Waals surface area (Å²) in [6.45, 7) is 9.33. The molecule has 0 aliphatic heterocycles. The first kappa shape index (κ1) is 36.3. The molecule has 0 amide bonds. The highest BCUT2D eigenvalue weighted by Crippen LogP contribution is 2.22. The van der Waals surface area contributed by atoms with Gasteiger partial charge in [-0.3, -0.25) is 0 Å². The molecule has 4 aromatic rings. The van der Waals surface area contributed by atoms with Gasteiger partial charge in [0.15, 0.2) is 0 Å². The van der Waals surface area contributed by atoms with E-state index in [1.807, 2.05) is 24.3 Å². The molecule has 0 aliphatic rings. The monoisotopic (exact) mass is 664 g/mol. The molecular formula is C41H44O8. The fourth-order valence-electron chi connectivity index (χ4n) is 4.69. The minimum Gasteiger partial charge on any atom is -0.494 e. The van der Waals surface area contributed by atoms with Gasteiger partial charge in [0.05, 0.1) is 24.3 Å². The van der Waals surface area contributed by atoms with Gasteiger partial charge in [0.1, 0.15) is 47.7 Å². The molecule has 0 atom stereocenters. The van der Waals surface area contributed by atoms with E-state index >= 15 is 0 Å². The van der Waals surface area contributed by atoms with Gasteiger partial charge in [-0.1, -0.05) is 57.4 Å². The molecule has 0 aliphatic carbocycles. The maximum absolute atomic E-state index is 12.4. The second kappa shape index (κ2) is 20.7. The second-order valence-electron chi connectivity index (χ2n) is 11.1. The summed E-state index contributed by atoms with van der Waals surface area (Å²) in [6.07, 6.45) is 11.0. The van der Waals surface area contributed by atoms with Crippen molar-refractivity contribution < 1.29 is 38.0 Å². The Kier molecular flexibility index (Phi) is 15.3. The Balaban J connectivity index is 0.994. The maximum atomic E-state index is 12.4. The van der Waals surface area contributed by atoms with Crippen LogP contribution in [0, 0.1) is 0 Å². The van der Waals surface area contributed by atoms with Gasteiger partial charge in [-0.2, -0.15) is 0 Å². The third-order valence-corrected chi connectivity index (χ3v) is 7.31. The van der Waals surface area contributed by atoms with Crippen LogP contribution in [0.25, 0.3) is 0 Å². The van der Waals surface area contributed by atoms with Gasteiger partial charge in [-0.25, -0.2) is 9.59 Å². The lowest BCUT2D eigenvalue weighted by Gasteiger charge is -2.09. The number of rotatable bonds is 22. The van der Waals surface area contributed by atoms with Crippen LogP contribution in [0.15, 0.2) is 122 Å². The fraction of sp³-hybridized carbons (Fsp3) is 0.268. The summed E-state index contributed by atoms with van der Waals surface area (Å²) in [6, 6.07) is 27.7. The van der Waals surface area contributed by atoms with Gasteiger partial charge < -0.3 is 28.4 Å². The van der Waals surface area contributed by atoms with Crippen molar-refractivity contribution in [1.82, 2.24) is 0 Å². The summed E-state index contributed by atoms with van der Waals surface area (Å²) in [5, 5.41) is 0. The number of benzene rings is 4. The number of esters is 2. The lowest BCUT2D eigenvalue weighted by molar-refractivity contribution is 0.0725. The molecule has 0 spiro atoms. The van der Waals surface area contributed by atoms with Crippen molar-refractivity contribution in [3.63, 3.8) is 0 Å². The number of hydrogen-bond acceptors (Lipinski definition) is 8. The van der Waals surface area contributed by atoms with Crippen LogP contribution in [-0.4, -0.2) is 38.4 Å². The van der Waals surface area contributed by atoms with Gasteiger partial charge in [-0.05, 0) is 110 Å². The molecule has 0 unspecified atom stereocenters. The molecule has 4 aromatic carbocycles. The second-order valence-corrected chi connectivity index (χ2v) is 11.1. The number of carbonyl (C=O) groups excluding carboxylic acids is 2. The van der Waals surface area contributed by atoms with E-state index in [1.54, 1.807) is 84.9 Å². The number of ether oxygens (including phenoxy) is 6. The first-order chi connectivity index (χ1) is 24.0. The smallest absolute Gasteiger partial charge is 0.343 e. The van der Waals surface area contributed by atoms with Crippen molar-refractivity contribution in [3.05, 3.63) is 133 Å². The van der Waals surface area contributed by atoms with Crippen molar-refractivity contribution in [2.75, 3.05) is 26.4 Å². The molecule has 8 nitrogen and oxygen atoms in total. The summed E-state index contributed by atoms with van der Waals surface area (Å²) >= 11 is 0. The summed E-state index contributed by atoms with van der Waals surface area (Å²) < 4.78 is 33.5. The van der Waals surface area contributed by atoms with E-state index < -0.39 is 11.9 Å². The molecule has 49 heavy (non-hydrogen) atoms. The quantitative estimate of drug-likeness (QED) is 0.0355. The van der Waals surface area contributed by atoms with Crippen LogP contribution in [0.1, 0.15) is 65.7 Å². The van der Waals surface area contributed by atoms with E-state index in [0.717, 1.165) is 50.0 Å². The third-order valence-electron chi connectivity index (χ3n) is 7.31. The largest absolute Gasteiger partial charge is 0.494 e. The van der Waals surface area contributed by atoms with Gasteiger partial charge >= 0.3 is 11.9 Å². The first-order valence-corrected chi connectivity index (χ1v) is 16.6. The first-order valence-electron chi connectivity index (χ1n) is 16.6. The summed E-state index contributed by atoms with van der Waals surface area (Å²) in [5.41, 5.74) is 0.886. The Morgan fingerprint density at radius 2 is 0.694 bits per heavy atom. The number of unbranched alkanes of at least 4 members (excludes halogenated alkanes) is 6. The van der Waals surface area contributed by atoms with Crippen molar-refractivity contribution >= 4 is 11.9 Å². The van der Waals surface area contributed by atoms with Crippen LogP contribution < -0.4 is 28.4 Å². The van der Waals surface area contributed by atoms with E-state index in [-0.39, 0.29) is 0 Å². The van der Waals surface area contributed by atoms with E-state index in [9.17, 15) is 9.59 Å². The molecule has 0 aromatic heterocycles. The molecule has 8 heteroatoms. The number of carbonyl (C=O) groups is 2. The van der Waals surface area contributed by atoms with Crippen LogP contribution >= 0.6 is 0 Å². The Labute approximate surface area is 288 Å². The summed E-state index contributed by atoms with van der Waals surface area (Å²) in [5.74, 6) is 2.87. The molecule has 256 valence electrons. The van der Waals surface area contributed by atoms with Crippen molar-refractivity contribution in [3.8, 4) is 34.5 Å². The highest BCUT2D eigenvalue weighted by molar-refractivity contribution is 5.91. The Bertz CT molecular complexity index is 1460. The van der Waals surface area contributed by atoms with Crippen molar-refractivity contribution in [2.24, 2.45) is 0 Å². The molecular weight excluding hydrogens is 620 g/mol. The minimum absolute atomic E-state index is 0.407. The van der Waals surface area contributed by atoms with E-state index in [1.165, 1.54) is 6.42 Å². The Morgan fingerprint density at radius 3 is 1.04 bits per heavy atom. The summed E-state index contributed by atoms with van der Waals surface area (Å²) in [7, 11) is 0. The molecule has 0 radical (unpaired) electrons. The molecule has 0 saturated heterocycles. The van der Waals surface area contributed by atoms with Crippen LogP contribution in [0.5, 0.6) is 34.5 Å². The highest BCUT2D eigenvalue weighted by atomic mass is 16.5. The van der Waals surface area contributed by atoms with Gasteiger partial charge in [0.2, 0.25) is 0 Å². The van der Waals surface area contributed by atoms with E-state index in [2.05, 4.69) is 13.2 Å². The topological polar surface area (TPSA) is 89.5 Å². The van der Waals surface area contributed by atoms with Crippen LogP contribution in [0.4, 0.5) is 0 Å². The summed E-state index contributed by atoms with van der Waals surface area (Å²) in [4.78, 5) is 24.8. The SMILES string of the molecule is C=CCOc1ccc(C(=O)Oc2ccc(OCCCCCCCCCOc3ccc(OC(=O)c4ccc(OCC=C)cc4)cc3)cc2)cc1. The molecule has 0 heterocycles. The van der Waals surface area contributed by atoms with Gasteiger partial charge in [0.25, 0.3) is 0 Å². The van der Waals surface area contributed by atoms with Gasteiger partial charge in [-0.15, -0.1) is 0 Å². The van der Waals surface area contributed by atoms with Crippen molar-refractivity contribution in [2.45, 2.75) is 44.9 Å². The Hall–Kier alpha value is -5.50. The van der Waals surface area contributed by atoms with Crippen LogP contribution in [0.2, 0.25) is 0 Å². The van der Waals surface area contributed by atoms with E-state index in [0.29, 0.717) is 60.6 Å². The highest BCUT2D eigenvalue weighted by Gasteiger charge is 2.10. The molecule has 4 rings (SSSR count). The fourth-order valence-corrected chi connectivity index (χ4v) is 4.69. The lowest BCUT2D eigenvalue weighted by Crippen LogP contribution is -2.08. The molecule has 0 N–H and O–H groups in total. The zero-order valence-electron chi connectivity index (χ0n) is 27.9. The predicted molar refractivity (Wildman–Crippen MR) is 190 cm³/mol. The molecule has 0 saturated carbocycles. The van der Waals surface area contributed by atoms with Gasteiger partial charge in [0, 0.05) is 0 Å². The van der Waals surface area contributed by atoms with Crippen LogP contribution in [-0.2, 0) is 0 Å². The standard InChI is InChI=1S/C41H44O8/c1-3-28-44-34-16-12-32(13-17-34)40(42)48-38-24-20-36(21-25-38)46-30-10-8-6-5-7-9-11-31-47-37-22-26-39(27-23-37)49-41(43)33-14-18-35(19-15-33)45-29-4-2/h3-4,12-27H,1-2,5-11,28-31H2. The predicted octanol–water partition coefficient (Wildman–Crippen LogP) is 9.44. The van der Waals surface area contributed by atoms with Crippen LogP contribution in [0.3, 0.4) is 0 Å². The lowest BCUT2D eigenvalue weighted by atomic mass is 10.1. The Morgan fingerprint density at radius 1 is 0.408 bits per heavy atom. The normalized spacial score (nSPS) is 10.4.